The number of fused-ring (bicyclic) bond motifs is 1. The number of carbonyl (C=O) groups excluding carboxylic acids is 3. The molecule has 3 rings (SSSR count). The highest BCUT2D eigenvalue weighted by molar-refractivity contribution is 5.98. The zero-order valence-corrected chi connectivity index (χ0v) is 14.4. The van der Waals surface area contributed by atoms with Gasteiger partial charge in [0.05, 0.1) is 18.7 Å². The molecule has 0 aliphatic carbocycles. The molecule has 7 nitrogen and oxygen atoms in total. The quantitative estimate of drug-likeness (QED) is 0.881. The average molecular weight is 345 g/mol. The summed E-state index contributed by atoms with van der Waals surface area (Å²) >= 11 is 0. The summed E-state index contributed by atoms with van der Waals surface area (Å²) in [5, 5.41) is 2.77. The molecule has 2 heterocycles. The Balaban J connectivity index is 1.73. The van der Waals surface area contributed by atoms with Crippen LogP contribution in [0.2, 0.25) is 0 Å². The summed E-state index contributed by atoms with van der Waals surface area (Å²) in [5.41, 5.74) is 1.05. The van der Waals surface area contributed by atoms with E-state index in [4.69, 9.17) is 4.74 Å². The first-order chi connectivity index (χ1) is 12.1. The normalized spacial score (nSPS) is 17.7. The number of benzene rings is 1. The molecule has 0 aromatic heterocycles. The SMILES string of the molecule is CCC(=O)N1CCCN(C(=O)c2ccc3c(c2)NC(=O)CCO3)CC1. The molecule has 1 aromatic carbocycles. The van der Waals surface area contributed by atoms with E-state index in [9.17, 15) is 14.4 Å². The fraction of sp³-hybridized carbons (Fsp3) is 0.500. The molecule has 0 radical (unpaired) electrons. The third-order valence-electron chi connectivity index (χ3n) is 4.53. The minimum absolute atomic E-state index is 0.0907. The van der Waals surface area contributed by atoms with Crippen molar-refractivity contribution in [3.05, 3.63) is 23.8 Å². The molecule has 1 saturated heterocycles. The van der Waals surface area contributed by atoms with Crippen molar-refractivity contribution < 1.29 is 19.1 Å². The van der Waals surface area contributed by atoms with E-state index in [-0.39, 0.29) is 17.7 Å². The molecule has 25 heavy (non-hydrogen) atoms. The third-order valence-corrected chi connectivity index (χ3v) is 4.53. The standard InChI is InChI=1S/C18H23N3O4/c1-2-17(23)20-7-3-8-21(10-9-20)18(24)13-4-5-15-14(12-13)19-16(22)6-11-25-15/h4-5,12H,2-3,6-11H2,1H3,(H,19,22). The van der Waals surface area contributed by atoms with Gasteiger partial charge in [0, 0.05) is 38.2 Å². The molecule has 1 N–H and O–H groups in total. The highest BCUT2D eigenvalue weighted by Crippen LogP contribution is 2.28. The fourth-order valence-corrected chi connectivity index (χ4v) is 3.13. The summed E-state index contributed by atoms with van der Waals surface area (Å²) in [4.78, 5) is 39.9. The van der Waals surface area contributed by atoms with Crippen LogP contribution >= 0.6 is 0 Å². The van der Waals surface area contributed by atoms with E-state index in [0.717, 1.165) is 6.42 Å². The lowest BCUT2D eigenvalue weighted by molar-refractivity contribution is -0.130. The van der Waals surface area contributed by atoms with E-state index in [0.29, 0.717) is 62.6 Å². The monoisotopic (exact) mass is 345 g/mol. The Kier molecular flexibility index (Phi) is 5.21. The van der Waals surface area contributed by atoms with E-state index >= 15 is 0 Å². The highest BCUT2D eigenvalue weighted by atomic mass is 16.5. The second-order valence-corrected chi connectivity index (χ2v) is 6.24. The summed E-state index contributed by atoms with van der Waals surface area (Å²) in [6.45, 7) is 4.56. The Morgan fingerprint density at radius 1 is 1.16 bits per heavy atom. The Hall–Kier alpha value is -2.57. The van der Waals surface area contributed by atoms with Crippen LogP contribution in [0.3, 0.4) is 0 Å². The molecule has 0 spiro atoms. The summed E-state index contributed by atoms with van der Waals surface area (Å²) in [5.74, 6) is 0.496. The molecule has 0 saturated carbocycles. The zero-order chi connectivity index (χ0) is 17.8. The molecule has 134 valence electrons. The molecule has 0 unspecified atom stereocenters. The van der Waals surface area contributed by atoms with Crippen LogP contribution in [0, 0.1) is 0 Å². The highest BCUT2D eigenvalue weighted by Gasteiger charge is 2.23. The Bertz CT molecular complexity index is 689. The maximum Gasteiger partial charge on any atom is 0.253 e. The predicted octanol–water partition coefficient (Wildman–Crippen LogP) is 1.49. The van der Waals surface area contributed by atoms with Gasteiger partial charge in [-0.15, -0.1) is 0 Å². The number of ether oxygens (including phenoxy) is 1. The van der Waals surface area contributed by atoms with E-state index < -0.39 is 0 Å². The first-order valence-corrected chi connectivity index (χ1v) is 8.72. The number of hydrogen-bond donors (Lipinski definition) is 1. The van der Waals surface area contributed by atoms with E-state index in [1.54, 1.807) is 23.1 Å². The van der Waals surface area contributed by atoms with Gasteiger partial charge in [-0.25, -0.2) is 0 Å². The maximum atomic E-state index is 12.8. The second kappa shape index (κ2) is 7.55. The van der Waals surface area contributed by atoms with Crippen LogP contribution in [0.25, 0.3) is 0 Å². The number of hydrogen-bond acceptors (Lipinski definition) is 4. The Morgan fingerprint density at radius 3 is 2.72 bits per heavy atom. The van der Waals surface area contributed by atoms with Gasteiger partial charge in [-0.2, -0.15) is 0 Å². The van der Waals surface area contributed by atoms with Gasteiger partial charge in [0.15, 0.2) is 0 Å². The summed E-state index contributed by atoms with van der Waals surface area (Å²) in [7, 11) is 0. The number of nitrogens with one attached hydrogen (secondary N) is 1. The van der Waals surface area contributed by atoms with E-state index in [1.165, 1.54) is 0 Å². The lowest BCUT2D eigenvalue weighted by atomic mass is 10.1. The van der Waals surface area contributed by atoms with Gasteiger partial charge < -0.3 is 19.9 Å². The number of amides is 3. The van der Waals surface area contributed by atoms with Gasteiger partial charge >= 0.3 is 0 Å². The van der Waals surface area contributed by atoms with Crippen LogP contribution in [0.15, 0.2) is 18.2 Å². The minimum atomic E-state index is -0.119. The van der Waals surface area contributed by atoms with Crippen molar-refractivity contribution in [1.29, 1.82) is 0 Å². The molecular formula is C18H23N3O4. The van der Waals surface area contributed by atoms with Crippen LogP contribution in [0.4, 0.5) is 5.69 Å². The first-order valence-electron chi connectivity index (χ1n) is 8.72. The molecule has 3 amide bonds. The topological polar surface area (TPSA) is 79.0 Å². The lowest BCUT2D eigenvalue weighted by Gasteiger charge is -2.22. The zero-order valence-electron chi connectivity index (χ0n) is 14.4. The van der Waals surface area contributed by atoms with E-state index in [2.05, 4.69) is 5.32 Å². The van der Waals surface area contributed by atoms with Gasteiger partial charge in [-0.1, -0.05) is 6.92 Å². The number of nitrogens with zero attached hydrogens (tertiary/aromatic N) is 2. The van der Waals surface area contributed by atoms with Crippen LogP contribution in [0.5, 0.6) is 5.75 Å². The summed E-state index contributed by atoms with van der Waals surface area (Å²) < 4.78 is 5.52. The second-order valence-electron chi connectivity index (χ2n) is 6.24. The molecule has 0 atom stereocenters. The number of rotatable bonds is 2. The van der Waals surface area contributed by atoms with Crippen LogP contribution in [-0.2, 0) is 9.59 Å². The smallest absolute Gasteiger partial charge is 0.253 e. The van der Waals surface area contributed by atoms with Crippen molar-refractivity contribution >= 4 is 23.4 Å². The molecule has 1 fully saturated rings. The number of carbonyl (C=O) groups is 3. The van der Waals surface area contributed by atoms with Crippen molar-refractivity contribution in [2.75, 3.05) is 38.1 Å². The van der Waals surface area contributed by atoms with Gasteiger partial charge in [0.25, 0.3) is 5.91 Å². The van der Waals surface area contributed by atoms with Gasteiger partial charge in [-0.3, -0.25) is 14.4 Å². The lowest BCUT2D eigenvalue weighted by Crippen LogP contribution is -2.37. The van der Waals surface area contributed by atoms with Crippen LogP contribution in [0.1, 0.15) is 36.5 Å². The largest absolute Gasteiger partial charge is 0.491 e. The van der Waals surface area contributed by atoms with Crippen LogP contribution < -0.4 is 10.1 Å². The minimum Gasteiger partial charge on any atom is -0.491 e. The van der Waals surface area contributed by atoms with Crippen LogP contribution in [-0.4, -0.2) is 60.3 Å². The molecular weight excluding hydrogens is 322 g/mol. The molecule has 7 heteroatoms. The van der Waals surface area contributed by atoms with Crippen molar-refractivity contribution in [2.24, 2.45) is 0 Å². The van der Waals surface area contributed by atoms with Crippen molar-refractivity contribution in [3.63, 3.8) is 0 Å². The molecule has 0 bridgehead atoms. The third kappa shape index (κ3) is 3.92. The summed E-state index contributed by atoms with van der Waals surface area (Å²) in [6.07, 6.45) is 1.55. The van der Waals surface area contributed by atoms with Crippen molar-refractivity contribution in [3.8, 4) is 5.75 Å². The molecule has 1 aromatic rings. The summed E-state index contributed by atoms with van der Waals surface area (Å²) in [6, 6.07) is 5.11. The Labute approximate surface area is 146 Å². The average Bonchev–Trinajstić information content (AvgIpc) is 2.97. The fourth-order valence-electron chi connectivity index (χ4n) is 3.13. The van der Waals surface area contributed by atoms with Crippen molar-refractivity contribution in [2.45, 2.75) is 26.2 Å². The number of anilines is 1. The van der Waals surface area contributed by atoms with Crippen molar-refractivity contribution in [1.82, 2.24) is 9.80 Å². The molecule has 2 aliphatic heterocycles. The van der Waals surface area contributed by atoms with E-state index in [1.807, 2.05) is 11.8 Å². The van der Waals surface area contributed by atoms with Gasteiger partial charge in [0.1, 0.15) is 5.75 Å². The molecule has 2 aliphatic rings. The van der Waals surface area contributed by atoms with Gasteiger partial charge in [0.2, 0.25) is 11.8 Å². The van der Waals surface area contributed by atoms with Gasteiger partial charge in [-0.05, 0) is 24.6 Å². The maximum absolute atomic E-state index is 12.8. The Morgan fingerprint density at radius 2 is 1.92 bits per heavy atom. The first kappa shape index (κ1) is 17.3. The predicted molar refractivity (Wildman–Crippen MR) is 92.6 cm³/mol.